The molecule has 178 valence electrons. The molecule has 1 aromatic rings. The van der Waals surface area contributed by atoms with E-state index >= 15 is 0 Å². The van der Waals surface area contributed by atoms with Gasteiger partial charge in [-0.2, -0.15) is 0 Å². The molecule has 0 spiro atoms. The maximum absolute atomic E-state index is 4.95. The van der Waals surface area contributed by atoms with Gasteiger partial charge in [0.05, 0.1) is 6.54 Å². The number of nitrogens with one attached hydrogen (secondary N) is 2. The largest absolute Gasteiger partial charge is 0.357 e. The van der Waals surface area contributed by atoms with Crippen LogP contribution in [0, 0.1) is 5.92 Å². The number of guanidine groups is 1. The van der Waals surface area contributed by atoms with Gasteiger partial charge in [-0.25, -0.2) is 0 Å². The molecule has 31 heavy (non-hydrogen) atoms. The molecule has 2 aliphatic rings. The highest BCUT2D eigenvalue weighted by molar-refractivity contribution is 14.0. The van der Waals surface area contributed by atoms with Crippen LogP contribution in [-0.2, 0) is 0 Å². The van der Waals surface area contributed by atoms with Crippen molar-refractivity contribution in [2.24, 2.45) is 10.9 Å². The van der Waals surface area contributed by atoms with Gasteiger partial charge in [0, 0.05) is 56.2 Å². The molecule has 0 aromatic carbocycles. The third-order valence-electron chi connectivity index (χ3n) is 6.71. The number of hydrogen-bond donors (Lipinski definition) is 2. The first-order valence-corrected chi connectivity index (χ1v) is 12.7. The highest BCUT2D eigenvalue weighted by atomic mass is 127. The summed E-state index contributed by atoms with van der Waals surface area (Å²) < 4.78 is 0. The summed E-state index contributed by atoms with van der Waals surface area (Å²) in [6.07, 6.45) is 2.55. The molecule has 3 heterocycles. The number of rotatable bonds is 8. The maximum atomic E-state index is 4.95. The number of halogens is 1. The lowest BCUT2D eigenvalue weighted by molar-refractivity contribution is 0.109. The van der Waals surface area contributed by atoms with E-state index in [4.69, 9.17) is 4.99 Å². The normalized spacial score (nSPS) is 25.1. The number of hydrogen-bond acceptors (Lipinski definition) is 5. The third kappa shape index (κ3) is 7.84. The zero-order valence-corrected chi connectivity index (χ0v) is 23.0. The standard InChI is InChI=1S/C23H42N6S.HI/c1-5-24-23(25-17-19(3)29-14-12-28(6-2)13-15-29)26-18-20-9-7-11-27(4)22(20)21-10-8-16-30-21;/h8,10,16,19-20,22H,5-7,9,11-15,17-18H2,1-4H3,(H2,24,25,26);1H. The van der Waals surface area contributed by atoms with Crippen LogP contribution in [0.2, 0.25) is 0 Å². The second-order valence-corrected chi connectivity index (χ2v) is 9.74. The zero-order valence-electron chi connectivity index (χ0n) is 19.8. The predicted molar refractivity (Wildman–Crippen MR) is 145 cm³/mol. The first kappa shape index (κ1) is 26.8. The topological polar surface area (TPSA) is 46.1 Å². The Morgan fingerprint density at radius 2 is 1.97 bits per heavy atom. The molecular weight excluding hydrogens is 519 g/mol. The molecule has 3 rings (SSSR count). The second kappa shape index (κ2) is 14.0. The van der Waals surface area contributed by atoms with Crippen LogP contribution >= 0.6 is 35.3 Å². The van der Waals surface area contributed by atoms with E-state index in [1.807, 2.05) is 11.3 Å². The predicted octanol–water partition coefficient (Wildman–Crippen LogP) is 3.33. The van der Waals surface area contributed by atoms with Crippen LogP contribution in [-0.4, -0.2) is 92.7 Å². The van der Waals surface area contributed by atoms with E-state index in [9.17, 15) is 0 Å². The maximum Gasteiger partial charge on any atom is 0.191 e. The average Bonchev–Trinajstić information content (AvgIpc) is 3.30. The third-order valence-corrected chi connectivity index (χ3v) is 7.65. The van der Waals surface area contributed by atoms with Crippen LogP contribution in [0.3, 0.4) is 0 Å². The van der Waals surface area contributed by atoms with Gasteiger partial charge in [-0.1, -0.05) is 13.0 Å². The molecular formula is C23H43IN6S. The van der Waals surface area contributed by atoms with Gasteiger partial charge in [0.15, 0.2) is 5.96 Å². The summed E-state index contributed by atoms with van der Waals surface area (Å²) in [4.78, 5) is 14.1. The fourth-order valence-electron chi connectivity index (χ4n) is 4.81. The molecule has 1 aromatic heterocycles. The van der Waals surface area contributed by atoms with Crippen LogP contribution in [0.5, 0.6) is 0 Å². The van der Waals surface area contributed by atoms with Crippen molar-refractivity contribution in [2.75, 3.05) is 66.0 Å². The van der Waals surface area contributed by atoms with Crippen molar-refractivity contribution in [3.8, 4) is 0 Å². The smallest absolute Gasteiger partial charge is 0.191 e. The summed E-state index contributed by atoms with van der Waals surface area (Å²) in [7, 11) is 2.27. The fraction of sp³-hybridized carbons (Fsp3) is 0.783. The van der Waals surface area contributed by atoms with E-state index in [-0.39, 0.29) is 24.0 Å². The molecule has 0 amide bonds. The fourth-order valence-corrected chi connectivity index (χ4v) is 5.79. The Labute approximate surface area is 210 Å². The minimum atomic E-state index is 0. The quantitative estimate of drug-likeness (QED) is 0.289. The summed E-state index contributed by atoms with van der Waals surface area (Å²) in [6, 6.07) is 5.48. The SMILES string of the molecule is CCNC(=NCC(C)N1CCN(CC)CC1)NCC1CCCN(C)C1c1cccs1.I. The monoisotopic (exact) mass is 562 g/mol. The molecule has 2 saturated heterocycles. The van der Waals surface area contributed by atoms with Crippen LogP contribution in [0.15, 0.2) is 22.5 Å². The van der Waals surface area contributed by atoms with Crippen molar-refractivity contribution in [2.45, 2.75) is 45.7 Å². The Balaban J connectivity index is 0.00000341. The first-order chi connectivity index (χ1) is 14.6. The molecule has 0 radical (unpaired) electrons. The number of thiophene rings is 1. The highest BCUT2D eigenvalue weighted by Gasteiger charge is 2.31. The van der Waals surface area contributed by atoms with Crippen LogP contribution in [0.4, 0.5) is 0 Å². The van der Waals surface area contributed by atoms with Crippen molar-refractivity contribution in [3.05, 3.63) is 22.4 Å². The number of nitrogens with zero attached hydrogens (tertiary/aromatic N) is 4. The van der Waals surface area contributed by atoms with Gasteiger partial charge in [0.2, 0.25) is 0 Å². The minimum Gasteiger partial charge on any atom is -0.357 e. The van der Waals surface area contributed by atoms with Crippen molar-refractivity contribution >= 4 is 41.3 Å². The number of piperidine rings is 1. The van der Waals surface area contributed by atoms with Gasteiger partial charge >= 0.3 is 0 Å². The molecule has 2 N–H and O–H groups in total. The van der Waals surface area contributed by atoms with E-state index in [0.717, 1.165) is 45.2 Å². The van der Waals surface area contributed by atoms with Crippen molar-refractivity contribution in [1.82, 2.24) is 25.3 Å². The number of piperazine rings is 1. The van der Waals surface area contributed by atoms with Gasteiger partial charge in [-0.05, 0) is 64.2 Å². The Hall–Kier alpha value is -0.420. The van der Waals surface area contributed by atoms with Gasteiger partial charge in [-0.15, -0.1) is 35.3 Å². The van der Waals surface area contributed by atoms with Gasteiger partial charge in [0.25, 0.3) is 0 Å². The van der Waals surface area contributed by atoms with Gasteiger partial charge in [0.1, 0.15) is 0 Å². The summed E-state index contributed by atoms with van der Waals surface area (Å²) in [5, 5.41) is 9.33. The molecule has 3 unspecified atom stereocenters. The Bertz CT molecular complexity index is 632. The molecule has 6 nitrogen and oxygen atoms in total. The van der Waals surface area contributed by atoms with Crippen molar-refractivity contribution in [1.29, 1.82) is 0 Å². The lowest BCUT2D eigenvalue weighted by Crippen LogP contribution is -2.50. The van der Waals surface area contributed by atoms with Crippen LogP contribution in [0.1, 0.15) is 44.5 Å². The van der Waals surface area contributed by atoms with E-state index in [0.29, 0.717) is 18.0 Å². The van der Waals surface area contributed by atoms with E-state index < -0.39 is 0 Å². The lowest BCUT2D eigenvalue weighted by Gasteiger charge is -2.39. The van der Waals surface area contributed by atoms with Crippen LogP contribution < -0.4 is 10.6 Å². The molecule has 0 aliphatic carbocycles. The Kier molecular flexibility index (Phi) is 12.1. The lowest BCUT2D eigenvalue weighted by atomic mass is 9.88. The minimum absolute atomic E-state index is 0. The van der Waals surface area contributed by atoms with E-state index in [1.165, 1.54) is 37.4 Å². The Morgan fingerprint density at radius 3 is 2.61 bits per heavy atom. The average molecular weight is 563 g/mol. The number of aliphatic imine (C=N–C) groups is 1. The van der Waals surface area contributed by atoms with Gasteiger partial charge in [-0.3, -0.25) is 14.8 Å². The molecule has 3 atom stereocenters. The van der Waals surface area contributed by atoms with Crippen LogP contribution in [0.25, 0.3) is 0 Å². The molecule has 2 aliphatic heterocycles. The van der Waals surface area contributed by atoms with Crippen molar-refractivity contribution in [3.63, 3.8) is 0 Å². The number of likely N-dealkylation sites (N-methyl/N-ethyl adjacent to an activating group) is 1. The van der Waals surface area contributed by atoms with Crippen molar-refractivity contribution < 1.29 is 0 Å². The van der Waals surface area contributed by atoms with Gasteiger partial charge < -0.3 is 15.5 Å². The number of likely N-dealkylation sites (tertiary alicyclic amines) is 1. The van der Waals surface area contributed by atoms with E-state index in [1.54, 1.807) is 0 Å². The molecule has 0 bridgehead atoms. The van der Waals surface area contributed by atoms with E-state index in [2.05, 4.69) is 70.7 Å². The summed E-state index contributed by atoms with van der Waals surface area (Å²) in [5.74, 6) is 1.58. The molecule has 2 fully saturated rings. The summed E-state index contributed by atoms with van der Waals surface area (Å²) in [6.45, 7) is 16.5. The second-order valence-electron chi connectivity index (χ2n) is 8.76. The summed E-state index contributed by atoms with van der Waals surface area (Å²) in [5.41, 5.74) is 0. The highest BCUT2D eigenvalue weighted by Crippen LogP contribution is 2.36. The zero-order chi connectivity index (χ0) is 21.3. The summed E-state index contributed by atoms with van der Waals surface area (Å²) >= 11 is 1.89. The first-order valence-electron chi connectivity index (χ1n) is 11.8. The molecule has 0 saturated carbocycles. The molecule has 8 heteroatoms. The Morgan fingerprint density at radius 1 is 1.19 bits per heavy atom.